The van der Waals surface area contributed by atoms with Crippen molar-refractivity contribution in [2.24, 2.45) is 11.3 Å². The van der Waals surface area contributed by atoms with Crippen molar-refractivity contribution in [3.63, 3.8) is 0 Å². The minimum Gasteiger partial charge on any atom is -0.389 e. The molecule has 0 unspecified atom stereocenters. The summed E-state index contributed by atoms with van der Waals surface area (Å²) >= 11 is 0. The van der Waals surface area contributed by atoms with Crippen molar-refractivity contribution in [2.75, 3.05) is 0 Å². The second-order valence-electron chi connectivity index (χ2n) is 4.98. The number of hydrogen-bond acceptors (Lipinski definition) is 2. The Morgan fingerprint density at radius 2 is 2.21 bits per heavy atom. The highest BCUT2D eigenvalue weighted by Gasteiger charge is 2.43. The Morgan fingerprint density at radius 3 is 2.93 bits per heavy atom. The topological polar surface area (TPSA) is 37.3 Å². The fraction of sp³-hybridized carbons (Fsp3) is 0.750. The maximum atomic E-state index is 11.3. The minimum atomic E-state index is -0.375. The highest BCUT2D eigenvalue weighted by Crippen LogP contribution is 2.49. The SMILES string of the molecule is C[C@@H]1CC[C@H](O)C2=CC(=O)CC[C@]21C. The van der Waals surface area contributed by atoms with Crippen LogP contribution in [0.25, 0.3) is 0 Å². The summed E-state index contributed by atoms with van der Waals surface area (Å²) in [6.07, 6.45) is 4.77. The second-order valence-corrected chi connectivity index (χ2v) is 4.98. The molecule has 0 spiro atoms. The Bertz CT molecular complexity index is 293. The molecule has 0 aromatic rings. The molecule has 14 heavy (non-hydrogen) atoms. The van der Waals surface area contributed by atoms with Crippen molar-refractivity contribution < 1.29 is 9.90 Å². The molecule has 0 bridgehead atoms. The van der Waals surface area contributed by atoms with E-state index in [0.29, 0.717) is 12.3 Å². The number of hydrogen-bond donors (Lipinski definition) is 1. The number of allylic oxidation sites excluding steroid dienone is 1. The highest BCUT2D eigenvalue weighted by molar-refractivity contribution is 5.91. The van der Waals surface area contributed by atoms with Gasteiger partial charge in [0.05, 0.1) is 6.10 Å². The van der Waals surface area contributed by atoms with Gasteiger partial charge in [0.2, 0.25) is 0 Å². The van der Waals surface area contributed by atoms with Crippen molar-refractivity contribution in [1.29, 1.82) is 0 Å². The fourth-order valence-electron chi connectivity index (χ4n) is 2.83. The molecule has 0 aromatic carbocycles. The predicted molar refractivity (Wildman–Crippen MR) is 54.8 cm³/mol. The standard InChI is InChI=1S/C12H18O2/c1-8-3-4-11(14)10-7-9(13)5-6-12(8,10)2/h7-8,11,14H,3-6H2,1-2H3/t8-,11+,12+/m1/s1. The number of carbonyl (C=O) groups excluding carboxylic acids is 1. The Balaban J connectivity index is 2.40. The summed E-state index contributed by atoms with van der Waals surface area (Å²) in [6, 6.07) is 0. The number of fused-ring (bicyclic) bond motifs is 1. The average molecular weight is 194 g/mol. The van der Waals surface area contributed by atoms with E-state index in [1.54, 1.807) is 6.08 Å². The lowest BCUT2D eigenvalue weighted by Crippen LogP contribution is -2.41. The molecule has 78 valence electrons. The van der Waals surface area contributed by atoms with Gasteiger partial charge < -0.3 is 5.11 Å². The lowest BCUT2D eigenvalue weighted by atomic mass is 9.60. The van der Waals surface area contributed by atoms with E-state index >= 15 is 0 Å². The number of aliphatic hydroxyl groups excluding tert-OH is 1. The van der Waals surface area contributed by atoms with E-state index in [0.717, 1.165) is 24.8 Å². The van der Waals surface area contributed by atoms with Crippen LogP contribution in [0, 0.1) is 11.3 Å². The summed E-state index contributed by atoms with van der Waals surface area (Å²) in [6.45, 7) is 4.42. The molecule has 2 rings (SSSR count). The first-order valence-electron chi connectivity index (χ1n) is 5.47. The molecule has 2 aliphatic rings. The molecular formula is C12H18O2. The van der Waals surface area contributed by atoms with E-state index in [9.17, 15) is 9.90 Å². The maximum absolute atomic E-state index is 11.3. The molecule has 1 fully saturated rings. The monoisotopic (exact) mass is 194 g/mol. The maximum Gasteiger partial charge on any atom is 0.155 e. The largest absolute Gasteiger partial charge is 0.389 e. The Morgan fingerprint density at radius 1 is 1.50 bits per heavy atom. The van der Waals surface area contributed by atoms with Crippen LogP contribution in [-0.2, 0) is 4.79 Å². The van der Waals surface area contributed by atoms with Crippen LogP contribution < -0.4 is 0 Å². The van der Waals surface area contributed by atoms with E-state index < -0.39 is 0 Å². The first kappa shape index (κ1) is 9.91. The van der Waals surface area contributed by atoms with Gasteiger partial charge in [-0.05, 0) is 42.2 Å². The normalized spacial score (nSPS) is 43.1. The lowest BCUT2D eigenvalue weighted by Gasteiger charge is -2.46. The first-order chi connectivity index (χ1) is 6.54. The Kier molecular flexibility index (Phi) is 2.26. The number of aliphatic hydroxyl groups is 1. The van der Waals surface area contributed by atoms with Crippen molar-refractivity contribution in [3.05, 3.63) is 11.6 Å². The number of carbonyl (C=O) groups is 1. The van der Waals surface area contributed by atoms with Crippen molar-refractivity contribution in [1.82, 2.24) is 0 Å². The van der Waals surface area contributed by atoms with Crippen molar-refractivity contribution >= 4 is 5.78 Å². The van der Waals surface area contributed by atoms with Crippen LogP contribution >= 0.6 is 0 Å². The van der Waals surface area contributed by atoms with Gasteiger partial charge in [0.25, 0.3) is 0 Å². The molecule has 1 N–H and O–H groups in total. The Labute approximate surface area is 85.0 Å². The third-order valence-electron chi connectivity index (χ3n) is 4.19. The van der Waals surface area contributed by atoms with E-state index in [4.69, 9.17) is 0 Å². The van der Waals surface area contributed by atoms with Gasteiger partial charge in [0.15, 0.2) is 5.78 Å². The van der Waals surface area contributed by atoms with Crippen LogP contribution in [0.5, 0.6) is 0 Å². The molecule has 2 aliphatic carbocycles. The molecule has 2 nitrogen and oxygen atoms in total. The quantitative estimate of drug-likeness (QED) is 0.641. The van der Waals surface area contributed by atoms with Crippen molar-refractivity contribution in [3.8, 4) is 0 Å². The molecule has 0 heterocycles. The molecular weight excluding hydrogens is 176 g/mol. The second kappa shape index (κ2) is 3.20. The summed E-state index contributed by atoms with van der Waals surface area (Å²) < 4.78 is 0. The smallest absolute Gasteiger partial charge is 0.155 e. The summed E-state index contributed by atoms with van der Waals surface area (Å²) in [7, 11) is 0. The fourth-order valence-corrected chi connectivity index (χ4v) is 2.83. The van der Waals surface area contributed by atoms with Crippen LogP contribution in [0.4, 0.5) is 0 Å². The summed E-state index contributed by atoms with van der Waals surface area (Å²) in [5.41, 5.74) is 1.07. The van der Waals surface area contributed by atoms with Gasteiger partial charge in [0.1, 0.15) is 0 Å². The predicted octanol–water partition coefficient (Wildman–Crippen LogP) is 2.07. The van der Waals surface area contributed by atoms with Gasteiger partial charge in [-0.2, -0.15) is 0 Å². The molecule has 0 radical (unpaired) electrons. The third-order valence-corrected chi connectivity index (χ3v) is 4.19. The van der Waals surface area contributed by atoms with Gasteiger partial charge in [-0.1, -0.05) is 13.8 Å². The molecule has 0 saturated heterocycles. The van der Waals surface area contributed by atoms with E-state index in [2.05, 4.69) is 13.8 Å². The Hall–Kier alpha value is -0.630. The van der Waals surface area contributed by atoms with Crippen LogP contribution in [-0.4, -0.2) is 17.0 Å². The van der Waals surface area contributed by atoms with E-state index in [-0.39, 0.29) is 17.3 Å². The summed E-state index contributed by atoms with van der Waals surface area (Å²) in [4.78, 5) is 11.3. The molecule has 1 saturated carbocycles. The zero-order valence-electron chi connectivity index (χ0n) is 8.92. The summed E-state index contributed by atoms with van der Waals surface area (Å²) in [5, 5.41) is 9.88. The van der Waals surface area contributed by atoms with Crippen molar-refractivity contribution in [2.45, 2.75) is 45.6 Å². The van der Waals surface area contributed by atoms with Gasteiger partial charge in [-0.15, -0.1) is 0 Å². The van der Waals surface area contributed by atoms with Crippen LogP contribution in [0.1, 0.15) is 39.5 Å². The van der Waals surface area contributed by atoms with Gasteiger partial charge in [-0.25, -0.2) is 0 Å². The van der Waals surface area contributed by atoms with Gasteiger partial charge in [0, 0.05) is 6.42 Å². The van der Waals surface area contributed by atoms with E-state index in [1.807, 2.05) is 0 Å². The third kappa shape index (κ3) is 1.33. The first-order valence-corrected chi connectivity index (χ1v) is 5.47. The molecule has 0 aromatic heterocycles. The minimum absolute atomic E-state index is 0.0750. The molecule has 0 aliphatic heterocycles. The number of rotatable bonds is 0. The lowest BCUT2D eigenvalue weighted by molar-refractivity contribution is -0.116. The van der Waals surface area contributed by atoms with Crippen LogP contribution in [0.2, 0.25) is 0 Å². The molecule has 3 atom stereocenters. The number of ketones is 1. The highest BCUT2D eigenvalue weighted by atomic mass is 16.3. The molecule has 0 amide bonds. The van der Waals surface area contributed by atoms with Gasteiger partial charge in [-0.3, -0.25) is 4.79 Å². The zero-order valence-corrected chi connectivity index (χ0v) is 8.92. The van der Waals surface area contributed by atoms with Crippen LogP contribution in [0.15, 0.2) is 11.6 Å². The van der Waals surface area contributed by atoms with Crippen LogP contribution in [0.3, 0.4) is 0 Å². The van der Waals surface area contributed by atoms with E-state index in [1.165, 1.54) is 0 Å². The molecule has 2 heteroatoms. The zero-order chi connectivity index (χ0) is 10.3. The summed E-state index contributed by atoms with van der Waals surface area (Å²) in [5.74, 6) is 0.774. The van der Waals surface area contributed by atoms with Gasteiger partial charge >= 0.3 is 0 Å². The average Bonchev–Trinajstić information content (AvgIpc) is 2.16.